The maximum Gasteiger partial charge on any atom is 0.408 e. The van der Waals surface area contributed by atoms with E-state index in [1.165, 1.54) is 12.1 Å². The summed E-state index contributed by atoms with van der Waals surface area (Å²) in [6.45, 7) is 2.04. The first kappa shape index (κ1) is 25.0. The molecule has 1 aromatic heterocycles. The Labute approximate surface area is 212 Å². The van der Waals surface area contributed by atoms with E-state index in [4.69, 9.17) is 25.5 Å². The van der Waals surface area contributed by atoms with E-state index in [1.807, 2.05) is 37.3 Å². The van der Waals surface area contributed by atoms with Gasteiger partial charge in [-0.3, -0.25) is 0 Å². The Kier molecular flexibility index (Phi) is 8.02. The number of aryl methyl sites for hydroxylation is 1. The van der Waals surface area contributed by atoms with Crippen molar-refractivity contribution >= 4 is 34.6 Å². The minimum absolute atomic E-state index is 0.00588. The van der Waals surface area contributed by atoms with E-state index in [-0.39, 0.29) is 23.0 Å². The average Bonchev–Trinajstić information content (AvgIpc) is 2.88. The van der Waals surface area contributed by atoms with Crippen molar-refractivity contribution in [2.75, 3.05) is 0 Å². The summed E-state index contributed by atoms with van der Waals surface area (Å²) in [5.74, 6) is -0.780. The van der Waals surface area contributed by atoms with E-state index in [9.17, 15) is 14.4 Å². The summed E-state index contributed by atoms with van der Waals surface area (Å²) in [6.07, 6.45) is 0.713. The van der Waals surface area contributed by atoms with Crippen molar-refractivity contribution in [1.82, 2.24) is 5.32 Å². The summed E-state index contributed by atoms with van der Waals surface area (Å²) in [5.41, 5.74) is 1.85. The maximum absolute atomic E-state index is 13.2. The number of rotatable bonds is 8. The SMILES string of the molecule is CCCc1cc(=O)oc2cc(OC(=O)[C@@H](NC(=O)OCc3ccccc3)c3ccccc3)c(Cl)cc12. The molecule has 0 unspecified atom stereocenters. The summed E-state index contributed by atoms with van der Waals surface area (Å²) < 4.78 is 16.2. The first-order valence-electron chi connectivity index (χ1n) is 11.4. The van der Waals surface area contributed by atoms with Gasteiger partial charge in [-0.05, 0) is 29.2 Å². The van der Waals surface area contributed by atoms with Gasteiger partial charge in [-0.15, -0.1) is 0 Å². The lowest BCUT2D eigenvalue weighted by atomic mass is 10.1. The number of alkyl carbamates (subject to hydrolysis) is 1. The van der Waals surface area contributed by atoms with Crippen molar-refractivity contribution in [1.29, 1.82) is 0 Å². The number of carbonyl (C=O) groups excluding carboxylic acids is 2. The molecule has 0 saturated heterocycles. The van der Waals surface area contributed by atoms with Crippen LogP contribution >= 0.6 is 11.6 Å². The van der Waals surface area contributed by atoms with E-state index in [0.29, 0.717) is 17.4 Å². The lowest BCUT2D eigenvalue weighted by Crippen LogP contribution is -2.36. The third-order valence-electron chi connectivity index (χ3n) is 5.46. The number of hydrogen-bond donors (Lipinski definition) is 1. The van der Waals surface area contributed by atoms with Crippen LogP contribution in [0.25, 0.3) is 11.0 Å². The first-order valence-corrected chi connectivity index (χ1v) is 11.8. The fourth-order valence-corrected chi connectivity index (χ4v) is 3.96. The van der Waals surface area contributed by atoms with Gasteiger partial charge in [0.05, 0.1) is 5.02 Å². The minimum atomic E-state index is -1.17. The van der Waals surface area contributed by atoms with Gasteiger partial charge in [0, 0.05) is 17.5 Å². The van der Waals surface area contributed by atoms with Crippen LogP contribution in [0.3, 0.4) is 0 Å². The van der Waals surface area contributed by atoms with Crippen LogP contribution in [-0.2, 0) is 22.6 Å². The van der Waals surface area contributed by atoms with Gasteiger partial charge in [-0.1, -0.05) is 85.6 Å². The third kappa shape index (κ3) is 6.12. The van der Waals surface area contributed by atoms with Gasteiger partial charge >= 0.3 is 17.7 Å². The molecule has 1 amide bonds. The molecule has 0 saturated carbocycles. The molecule has 8 heteroatoms. The second-order valence-corrected chi connectivity index (χ2v) is 8.50. The molecule has 3 aromatic carbocycles. The molecule has 0 aliphatic rings. The topological polar surface area (TPSA) is 94.8 Å². The van der Waals surface area contributed by atoms with E-state index >= 15 is 0 Å². The quantitative estimate of drug-likeness (QED) is 0.180. The predicted octanol–water partition coefficient (Wildman–Crippen LogP) is 5.97. The van der Waals surface area contributed by atoms with Gasteiger partial charge < -0.3 is 19.2 Å². The van der Waals surface area contributed by atoms with E-state index in [1.54, 1.807) is 36.4 Å². The summed E-state index contributed by atoms with van der Waals surface area (Å²) in [6, 6.07) is 21.1. The Balaban J connectivity index is 1.57. The highest BCUT2D eigenvalue weighted by Crippen LogP contribution is 2.32. The van der Waals surface area contributed by atoms with Crippen LogP contribution < -0.4 is 15.7 Å². The number of amides is 1. The highest BCUT2D eigenvalue weighted by Gasteiger charge is 2.26. The van der Waals surface area contributed by atoms with Crippen LogP contribution in [0.15, 0.2) is 88.1 Å². The molecule has 0 bridgehead atoms. The number of halogens is 1. The molecule has 1 N–H and O–H groups in total. The molecule has 0 fully saturated rings. The van der Waals surface area contributed by atoms with Crippen molar-refractivity contribution in [3.63, 3.8) is 0 Å². The van der Waals surface area contributed by atoms with E-state index < -0.39 is 23.7 Å². The Bertz CT molecular complexity index is 1420. The largest absolute Gasteiger partial charge is 0.445 e. The smallest absolute Gasteiger partial charge is 0.408 e. The molecular weight excluding hydrogens is 482 g/mol. The van der Waals surface area contributed by atoms with Crippen LogP contribution in [0, 0.1) is 0 Å². The van der Waals surface area contributed by atoms with Gasteiger partial charge in [0.2, 0.25) is 0 Å². The zero-order chi connectivity index (χ0) is 25.5. The summed E-state index contributed by atoms with van der Waals surface area (Å²) >= 11 is 6.42. The van der Waals surface area contributed by atoms with Crippen LogP contribution in [0.1, 0.15) is 36.1 Å². The second-order valence-electron chi connectivity index (χ2n) is 8.09. The van der Waals surface area contributed by atoms with Crippen LogP contribution in [0.2, 0.25) is 5.02 Å². The summed E-state index contributed by atoms with van der Waals surface area (Å²) in [4.78, 5) is 37.7. The number of benzene rings is 3. The molecule has 1 heterocycles. The summed E-state index contributed by atoms with van der Waals surface area (Å²) in [7, 11) is 0. The van der Waals surface area contributed by atoms with Crippen molar-refractivity contribution in [3.8, 4) is 5.75 Å². The monoisotopic (exact) mass is 505 g/mol. The number of ether oxygens (including phenoxy) is 2. The van der Waals surface area contributed by atoms with Gasteiger partial charge in [0.1, 0.15) is 12.2 Å². The highest BCUT2D eigenvalue weighted by molar-refractivity contribution is 6.33. The van der Waals surface area contributed by atoms with Gasteiger partial charge in [-0.25, -0.2) is 14.4 Å². The first-order chi connectivity index (χ1) is 17.4. The lowest BCUT2D eigenvalue weighted by Gasteiger charge is -2.18. The van der Waals surface area contributed by atoms with Crippen molar-refractivity contribution in [3.05, 3.63) is 111 Å². The number of esters is 1. The Morgan fingerprint density at radius 3 is 2.39 bits per heavy atom. The molecule has 0 spiro atoms. The molecule has 36 heavy (non-hydrogen) atoms. The maximum atomic E-state index is 13.2. The van der Waals surface area contributed by atoms with Crippen molar-refractivity contribution in [2.45, 2.75) is 32.4 Å². The van der Waals surface area contributed by atoms with Crippen LogP contribution in [0.5, 0.6) is 5.75 Å². The van der Waals surface area contributed by atoms with Crippen LogP contribution in [-0.4, -0.2) is 12.1 Å². The molecule has 7 nitrogen and oxygen atoms in total. The zero-order valence-corrected chi connectivity index (χ0v) is 20.3. The fraction of sp³-hybridized carbons (Fsp3) is 0.179. The molecule has 0 radical (unpaired) electrons. The number of nitrogens with one attached hydrogen (secondary N) is 1. The standard InChI is InChI=1S/C28H24ClNO6/c1-2-9-20-14-25(31)35-23-16-24(22(29)15-21(20)23)36-27(32)26(19-12-7-4-8-13-19)30-28(33)34-17-18-10-5-3-6-11-18/h3-8,10-16,26H,2,9,17H2,1H3,(H,30,33)/t26-/m0/s1. The molecule has 4 aromatic rings. The zero-order valence-electron chi connectivity index (χ0n) is 19.5. The predicted molar refractivity (Wildman–Crippen MR) is 136 cm³/mol. The molecule has 1 atom stereocenters. The van der Waals surface area contributed by atoms with E-state index in [2.05, 4.69) is 5.32 Å². The molecule has 0 aliphatic carbocycles. The van der Waals surface area contributed by atoms with Crippen LogP contribution in [0.4, 0.5) is 4.79 Å². The normalized spacial score (nSPS) is 11.6. The lowest BCUT2D eigenvalue weighted by molar-refractivity contribution is -0.136. The van der Waals surface area contributed by atoms with Gasteiger partial charge in [-0.2, -0.15) is 0 Å². The average molecular weight is 506 g/mol. The highest BCUT2D eigenvalue weighted by atomic mass is 35.5. The van der Waals surface area contributed by atoms with E-state index in [0.717, 1.165) is 17.5 Å². The van der Waals surface area contributed by atoms with Gasteiger partial charge in [0.25, 0.3) is 0 Å². The second kappa shape index (κ2) is 11.6. The van der Waals surface area contributed by atoms with Crippen molar-refractivity contribution in [2.24, 2.45) is 0 Å². The molecule has 0 aliphatic heterocycles. The molecule has 184 valence electrons. The number of carbonyl (C=O) groups is 2. The fourth-order valence-electron chi connectivity index (χ4n) is 3.76. The molecule has 4 rings (SSSR count). The summed E-state index contributed by atoms with van der Waals surface area (Å²) in [5, 5.41) is 3.40. The third-order valence-corrected chi connectivity index (χ3v) is 5.75. The van der Waals surface area contributed by atoms with Crippen molar-refractivity contribution < 1.29 is 23.5 Å². The Morgan fingerprint density at radius 2 is 1.69 bits per heavy atom. The molecular formula is C28H24ClNO6. The Hall–Kier alpha value is -4.10. The minimum Gasteiger partial charge on any atom is -0.445 e. The van der Waals surface area contributed by atoms with Gasteiger partial charge in [0.15, 0.2) is 11.8 Å². The number of fused-ring (bicyclic) bond motifs is 1. The number of hydrogen-bond acceptors (Lipinski definition) is 6. The Morgan fingerprint density at radius 1 is 1.00 bits per heavy atom.